The number of hydrogen-bond donors (Lipinski definition) is 1. The molecule has 0 fully saturated rings. The lowest BCUT2D eigenvalue weighted by atomic mass is 10.1. The second kappa shape index (κ2) is 5.55. The molecule has 0 bridgehead atoms. The van der Waals surface area contributed by atoms with E-state index < -0.39 is 11.6 Å². The van der Waals surface area contributed by atoms with Crippen LogP contribution in [-0.2, 0) is 6.54 Å². The maximum Gasteiger partial charge on any atom is 0.201 e. The van der Waals surface area contributed by atoms with Crippen molar-refractivity contribution in [3.63, 3.8) is 0 Å². The van der Waals surface area contributed by atoms with Crippen molar-refractivity contribution in [3.05, 3.63) is 23.8 Å². The van der Waals surface area contributed by atoms with Crippen molar-refractivity contribution in [1.82, 2.24) is 9.55 Å². The van der Waals surface area contributed by atoms with E-state index in [4.69, 9.17) is 5.73 Å². The Morgan fingerprint density at radius 2 is 2.00 bits per heavy atom. The Morgan fingerprint density at radius 1 is 1.26 bits per heavy atom. The Balaban J connectivity index is 2.22. The van der Waals surface area contributed by atoms with Crippen molar-refractivity contribution in [1.29, 1.82) is 0 Å². The molecule has 0 radical (unpaired) electrons. The molecule has 1 heterocycles. The Hall–Kier alpha value is -1.65. The van der Waals surface area contributed by atoms with Gasteiger partial charge in [0.1, 0.15) is 5.52 Å². The van der Waals surface area contributed by atoms with Crippen molar-refractivity contribution in [2.45, 2.75) is 39.7 Å². The van der Waals surface area contributed by atoms with Gasteiger partial charge in [0.05, 0.1) is 5.52 Å². The molecule has 5 heteroatoms. The van der Waals surface area contributed by atoms with Crippen LogP contribution in [0.1, 0.15) is 33.1 Å². The molecular weight excluding hydrogens is 248 g/mol. The van der Waals surface area contributed by atoms with E-state index in [0.717, 1.165) is 25.3 Å². The first kappa shape index (κ1) is 13.8. The van der Waals surface area contributed by atoms with Gasteiger partial charge in [0, 0.05) is 6.54 Å². The molecule has 2 N–H and O–H groups in total. The molecule has 0 amide bonds. The first-order valence-corrected chi connectivity index (χ1v) is 6.60. The highest BCUT2D eigenvalue weighted by Gasteiger charge is 2.15. The van der Waals surface area contributed by atoms with E-state index >= 15 is 0 Å². The maximum atomic E-state index is 13.8. The van der Waals surface area contributed by atoms with Crippen LogP contribution in [0.5, 0.6) is 0 Å². The van der Waals surface area contributed by atoms with Gasteiger partial charge in [-0.05, 0) is 24.5 Å². The molecule has 0 spiro atoms. The second-order valence-electron chi connectivity index (χ2n) is 5.24. The van der Waals surface area contributed by atoms with Crippen LogP contribution in [0.2, 0.25) is 0 Å². The summed E-state index contributed by atoms with van der Waals surface area (Å²) in [5.74, 6) is -0.850. The van der Waals surface area contributed by atoms with Crippen molar-refractivity contribution in [2.24, 2.45) is 5.92 Å². The smallest absolute Gasteiger partial charge is 0.201 e. The fourth-order valence-corrected chi connectivity index (χ4v) is 2.22. The lowest BCUT2D eigenvalue weighted by Crippen LogP contribution is -2.05. The number of rotatable bonds is 5. The van der Waals surface area contributed by atoms with E-state index in [1.807, 2.05) is 0 Å². The molecule has 0 saturated heterocycles. The van der Waals surface area contributed by atoms with E-state index in [-0.39, 0.29) is 11.5 Å². The van der Waals surface area contributed by atoms with Gasteiger partial charge in [-0.15, -0.1) is 0 Å². The first-order chi connectivity index (χ1) is 9.00. The fourth-order valence-electron chi connectivity index (χ4n) is 2.22. The number of hydrogen-bond acceptors (Lipinski definition) is 2. The topological polar surface area (TPSA) is 43.8 Å². The van der Waals surface area contributed by atoms with Crippen LogP contribution in [0.15, 0.2) is 12.1 Å². The molecule has 0 unspecified atom stereocenters. The summed E-state index contributed by atoms with van der Waals surface area (Å²) in [4.78, 5) is 4.06. The van der Waals surface area contributed by atoms with Gasteiger partial charge < -0.3 is 10.3 Å². The molecule has 0 atom stereocenters. The third-order valence-electron chi connectivity index (χ3n) is 3.24. The summed E-state index contributed by atoms with van der Waals surface area (Å²) in [5, 5.41) is 0. The summed E-state index contributed by atoms with van der Waals surface area (Å²) in [6.45, 7) is 4.89. The van der Waals surface area contributed by atoms with Crippen molar-refractivity contribution < 1.29 is 8.78 Å². The van der Waals surface area contributed by atoms with Crippen LogP contribution in [0.4, 0.5) is 14.7 Å². The number of fused-ring (bicyclic) bond motifs is 1. The van der Waals surface area contributed by atoms with Crippen LogP contribution in [0.3, 0.4) is 0 Å². The predicted molar refractivity (Wildman–Crippen MR) is 72.8 cm³/mol. The largest absolute Gasteiger partial charge is 0.369 e. The molecular formula is C14H19F2N3. The molecule has 0 aliphatic heterocycles. The average Bonchev–Trinajstić information content (AvgIpc) is 2.66. The molecule has 2 aromatic rings. The van der Waals surface area contributed by atoms with Crippen molar-refractivity contribution in [3.8, 4) is 0 Å². The van der Waals surface area contributed by atoms with Gasteiger partial charge in [-0.2, -0.15) is 0 Å². The monoisotopic (exact) mass is 267 g/mol. The van der Waals surface area contributed by atoms with Gasteiger partial charge >= 0.3 is 0 Å². The van der Waals surface area contributed by atoms with Crippen LogP contribution in [0.25, 0.3) is 11.0 Å². The van der Waals surface area contributed by atoms with Gasteiger partial charge in [-0.3, -0.25) is 0 Å². The van der Waals surface area contributed by atoms with Crippen LogP contribution < -0.4 is 5.73 Å². The maximum absolute atomic E-state index is 13.8. The molecule has 19 heavy (non-hydrogen) atoms. The number of nitrogen functional groups attached to an aromatic ring is 1. The summed E-state index contributed by atoms with van der Waals surface area (Å²) in [7, 11) is 0. The Morgan fingerprint density at radius 3 is 2.68 bits per heavy atom. The van der Waals surface area contributed by atoms with E-state index in [0.29, 0.717) is 18.0 Å². The lowest BCUT2D eigenvalue weighted by Gasteiger charge is -2.08. The number of imidazole rings is 1. The van der Waals surface area contributed by atoms with Crippen LogP contribution >= 0.6 is 0 Å². The zero-order chi connectivity index (χ0) is 14.0. The number of nitrogens with two attached hydrogens (primary N) is 1. The standard InChI is InChI=1S/C14H19F2N3/c1-9(2)5-3-4-8-19-13-11(18-14(19)17)7-6-10(15)12(13)16/h6-7,9H,3-5,8H2,1-2H3,(H2,17,18). The third kappa shape index (κ3) is 2.85. The summed E-state index contributed by atoms with van der Waals surface area (Å²) in [6, 6.07) is 2.53. The Labute approximate surface area is 111 Å². The third-order valence-corrected chi connectivity index (χ3v) is 3.24. The van der Waals surface area contributed by atoms with Gasteiger partial charge in [-0.1, -0.05) is 26.7 Å². The molecule has 1 aromatic carbocycles. The quantitative estimate of drug-likeness (QED) is 0.839. The number of aryl methyl sites for hydroxylation is 1. The van der Waals surface area contributed by atoms with Gasteiger partial charge in [0.25, 0.3) is 0 Å². The SMILES string of the molecule is CC(C)CCCCn1c(N)nc2ccc(F)c(F)c21. The van der Waals surface area contributed by atoms with E-state index in [9.17, 15) is 8.78 Å². The minimum atomic E-state index is -0.870. The molecule has 104 valence electrons. The minimum Gasteiger partial charge on any atom is -0.369 e. The molecule has 0 saturated carbocycles. The zero-order valence-corrected chi connectivity index (χ0v) is 11.3. The van der Waals surface area contributed by atoms with Gasteiger partial charge in [0.15, 0.2) is 11.6 Å². The molecule has 0 aliphatic carbocycles. The molecule has 2 rings (SSSR count). The number of unbranched alkanes of at least 4 members (excludes halogenated alkanes) is 1. The van der Waals surface area contributed by atoms with Crippen molar-refractivity contribution in [2.75, 3.05) is 5.73 Å². The zero-order valence-electron chi connectivity index (χ0n) is 11.3. The van der Waals surface area contributed by atoms with Gasteiger partial charge in [0.2, 0.25) is 5.95 Å². The second-order valence-corrected chi connectivity index (χ2v) is 5.24. The van der Waals surface area contributed by atoms with Crippen molar-refractivity contribution >= 4 is 17.0 Å². The van der Waals surface area contributed by atoms with Crippen LogP contribution in [0, 0.1) is 17.6 Å². The highest BCUT2D eigenvalue weighted by molar-refractivity contribution is 5.79. The Bertz CT molecular complexity index is 576. The summed E-state index contributed by atoms with van der Waals surface area (Å²) in [6.07, 6.45) is 3.03. The predicted octanol–water partition coefficient (Wildman–Crippen LogP) is 3.72. The summed E-state index contributed by atoms with van der Waals surface area (Å²) in [5.41, 5.74) is 6.35. The number of aromatic nitrogens is 2. The highest BCUT2D eigenvalue weighted by Crippen LogP contribution is 2.23. The lowest BCUT2D eigenvalue weighted by molar-refractivity contribution is 0.499. The Kier molecular flexibility index (Phi) is 4.02. The van der Waals surface area contributed by atoms with E-state index in [1.54, 1.807) is 4.57 Å². The van der Waals surface area contributed by atoms with E-state index in [2.05, 4.69) is 18.8 Å². The number of benzene rings is 1. The average molecular weight is 267 g/mol. The first-order valence-electron chi connectivity index (χ1n) is 6.60. The minimum absolute atomic E-state index is 0.169. The summed E-state index contributed by atoms with van der Waals surface area (Å²) < 4.78 is 28.7. The number of nitrogens with zero attached hydrogens (tertiary/aromatic N) is 2. The molecule has 3 nitrogen and oxygen atoms in total. The summed E-state index contributed by atoms with van der Waals surface area (Å²) >= 11 is 0. The van der Waals surface area contributed by atoms with Gasteiger partial charge in [-0.25, -0.2) is 13.8 Å². The molecule has 1 aromatic heterocycles. The number of anilines is 1. The van der Waals surface area contributed by atoms with E-state index in [1.165, 1.54) is 6.07 Å². The normalized spacial score (nSPS) is 11.6. The van der Waals surface area contributed by atoms with Crippen LogP contribution in [-0.4, -0.2) is 9.55 Å². The highest BCUT2D eigenvalue weighted by atomic mass is 19.2. The number of halogens is 2. The fraction of sp³-hybridized carbons (Fsp3) is 0.500. The molecule has 0 aliphatic rings.